The summed E-state index contributed by atoms with van der Waals surface area (Å²) in [7, 11) is 0. The summed E-state index contributed by atoms with van der Waals surface area (Å²) in [4.78, 5) is 16.4. The molecule has 0 aliphatic carbocycles. The lowest BCUT2D eigenvalue weighted by Crippen LogP contribution is -2.54. The van der Waals surface area contributed by atoms with E-state index in [1.165, 1.54) is 5.56 Å². The Morgan fingerprint density at radius 3 is 2.81 bits per heavy atom. The van der Waals surface area contributed by atoms with Gasteiger partial charge in [0.15, 0.2) is 0 Å². The normalized spacial score (nSPS) is 16.9. The number of nitriles is 1. The van der Waals surface area contributed by atoms with Crippen molar-refractivity contribution in [2.75, 3.05) is 25.0 Å². The van der Waals surface area contributed by atoms with Gasteiger partial charge in [-0.05, 0) is 57.4 Å². The van der Waals surface area contributed by atoms with E-state index in [-0.39, 0.29) is 30.7 Å². The molecule has 1 atom stereocenters. The fraction of sp³-hybridized carbons (Fsp3) is 0.545. The molecular weight excluding hydrogens is 396 g/mol. The molecule has 0 radical (unpaired) electrons. The van der Waals surface area contributed by atoms with Gasteiger partial charge in [-0.3, -0.25) is 4.90 Å². The van der Waals surface area contributed by atoms with Crippen LogP contribution in [0.1, 0.15) is 43.4 Å². The molecule has 1 saturated heterocycles. The first kappa shape index (κ1) is 22.6. The third-order valence-electron chi connectivity index (χ3n) is 5.27. The van der Waals surface area contributed by atoms with Crippen LogP contribution in [-0.4, -0.2) is 57.9 Å². The highest BCUT2D eigenvalue weighted by atomic mass is 16.6. The Bertz CT molecular complexity index is 965. The zero-order chi connectivity index (χ0) is 22.5. The Morgan fingerprint density at radius 2 is 2.13 bits per heavy atom. The van der Waals surface area contributed by atoms with Gasteiger partial charge in [-0.15, -0.1) is 5.10 Å². The van der Waals surface area contributed by atoms with E-state index in [9.17, 15) is 4.79 Å². The number of nitrogens with zero attached hydrogens (tertiary/aromatic N) is 5. The lowest BCUT2D eigenvalue weighted by molar-refractivity contribution is 0.0349. The minimum atomic E-state index is -0.240. The molecule has 0 saturated carbocycles. The van der Waals surface area contributed by atoms with Crippen LogP contribution in [0.25, 0.3) is 0 Å². The Labute approximate surface area is 183 Å². The van der Waals surface area contributed by atoms with Crippen molar-refractivity contribution in [3.8, 4) is 6.07 Å². The SMILES string of the molecule is Cc1cc(CN2CCN(C(=O)OC(C)C)[C@@H](C)C2)c(C)c(Nc2nnc(CC#N)o2)c1. The molecule has 9 nitrogen and oxygen atoms in total. The first-order valence-electron chi connectivity index (χ1n) is 10.5. The zero-order valence-electron chi connectivity index (χ0n) is 18.8. The fourth-order valence-corrected chi connectivity index (χ4v) is 3.74. The van der Waals surface area contributed by atoms with Gasteiger partial charge >= 0.3 is 12.1 Å². The van der Waals surface area contributed by atoms with Crippen molar-refractivity contribution in [3.63, 3.8) is 0 Å². The highest BCUT2D eigenvalue weighted by molar-refractivity contribution is 5.68. The van der Waals surface area contributed by atoms with E-state index >= 15 is 0 Å². The lowest BCUT2D eigenvalue weighted by atomic mass is 10.0. The number of piperazine rings is 1. The van der Waals surface area contributed by atoms with E-state index in [0.717, 1.165) is 36.4 Å². The molecule has 0 spiro atoms. The molecule has 166 valence electrons. The van der Waals surface area contributed by atoms with Gasteiger partial charge in [-0.1, -0.05) is 11.2 Å². The minimum Gasteiger partial charge on any atom is -0.447 e. The minimum absolute atomic E-state index is 0.0830. The number of benzene rings is 1. The number of anilines is 2. The van der Waals surface area contributed by atoms with Crippen molar-refractivity contribution in [2.24, 2.45) is 0 Å². The average Bonchev–Trinajstić information content (AvgIpc) is 3.12. The number of aromatic nitrogens is 2. The predicted octanol–water partition coefficient (Wildman–Crippen LogP) is 3.55. The van der Waals surface area contributed by atoms with Crippen LogP contribution in [0.3, 0.4) is 0 Å². The summed E-state index contributed by atoms with van der Waals surface area (Å²) >= 11 is 0. The number of carbonyl (C=O) groups is 1. The van der Waals surface area contributed by atoms with Crippen LogP contribution in [0, 0.1) is 25.2 Å². The second-order valence-corrected chi connectivity index (χ2v) is 8.27. The topological polar surface area (TPSA) is 108 Å². The maximum absolute atomic E-state index is 12.3. The predicted molar refractivity (Wildman–Crippen MR) is 116 cm³/mol. The van der Waals surface area contributed by atoms with E-state index < -0.39 is 0 Å². The molecule has 2 aromatic rings. The van der Waals surface area contributed by atoms with Crippen LogP contribution in [0.15, 0.2) is 16.5 Å². The van der Waals surface area contributed by atoms with Crippen LogP contribution in [0.5, 0.6) is 0 Å². The maximum Gasteiger partial charge on any atom is 0.410 e. The number of aryl methyl sites for hydroxylation is 1. The van der Waals surface area contributed by atoms with E-state index in [1.54, 1.807) is 4.90 Å². The molecule has 1 aliphatic heterocycles. The lowest BCUT2D eigenvalue weighted by Gasteiger charge is -2.39. The standard InChI is InChI=1S/C22H30N6O3/c1-14(2)30-22(29)28-9-8-27(12-16(28)4)13-18-10-15(3)11-19(17(18)5)24-21-26-25-20(31-21)6-7-23/h10-11,14,16H,6,8-9,12-13H2,1-5H3,(H,24,26)/t16-/m0/s1. The van der Waals surface area contributed by atoms with Crippen molar-refractivity contribution in [1.82, 2.24) is 20.0 Å². The molecule has 3 rings (SSSR count). The van der Waals surface area contributed by atoms with Crippen LogP contribution in [-0.2, 0) is 17.7 Å². The van der Waals surface area contributed by atoms with Crippen molar-refractivity contribution in [2.45, 2.75) is 59.7 Å². The number of ether oxygens (including phenoxy) is 1. The highest BCUT2D eigenvalue weighted by Crippen LogP contribution is 2.26. The summed E-state index contributed by atoms with van der Waals surface area (Å²) in [5.41, 5.74) is 4.31. The van der Waals surface area contributed by atoms with Crippen molar-refractivity contribution >= 4 is 17.8 Å². The quantitative estimate of drug-likeness (QED) is 0.747. The summed E-state index contributed by atoms with van der Waals surface area (Å²) in [5, 5.41) is 19.8. The molecule has 1 aromatic carbocycles. The molecular formula is C22H30N6O3. The van der Waals surface area contributed by atoms with Gasteiger partial charge in [-0.2, -0.15) is 5.26 Å². The average molecular weight is 427 g/mol. The number of rotatable bonds is 6. The Morgan fingerprint density at radius 1 is 1.35 bits per heavy atom. The van der Waals surface area contributed by atoms with Gasteiger partial charge in [0.05, 0.1) is 12.2 Å². The van der Waals surface area contributed by atoms with Gasteiger partial charge < -0.3 is 19.4 Å². The monoisotopic (exact) mass is 426 g/mol. The number of hydrogen-bond donors (Lipinski definition) is 1. The molecule has 1 amide bonds. The second kappa shape index (κ2) is 9.79. The Hall–Kier alpha value is -3.12. The van der Waals surface area contributed by atoms with E-state index in [1.807, 2.05) is 32.9 Å². The van der Waals surface area contributed by atoms with Gasteiger partial charge in [0, 0.05) is 37.9 Å². The van der Waals surface area contributed by atoms with Crippen molar-refractivity contribution < 1.29 is 13.9 Å². The van der Waals surface area contributed by atoms with Gasteiger partial charge in [0.2, 0.25) is 5.89 Å². The van der Waals surface area contributed by atoms with Crippen LogP contribution in [0.2, 0.25) is 0 Å². The molecule has 31 heavy (non-hydrogen) atoms. The largest absolute Gasteiger partial charge is 0.447 e. The van der Waals surface area contributed by atoms with Gasteiger partial charge in [0.25, 0.3) is 0 Å². The second-order valence-electron chi connectivity index (χ2n) is 8.27. The Kier molecular flexibility index (Phi) is 7.13. The Balaban J connectivity index is 1.68. The number of carbonyl (C=O) groups excluding carboxylic acids is 1. The molecule has 1 fully saturated rings. The summed E-state index contributed by atoms with van der Waals surface area (Å²) in [6, 6.07) is 6.57. The van der Waals surface area contributed by atoms with Crippen LogP contribution in [0.4, 0.5) is 16.5 Å². The summed E-state index contributed by atoms with van der Waals surface area (Å²) < 4.78 is 10.8. The fourth-order valence-electron chi connectivity index (χ4n) is 3.74. The first-order valence-corrected chi connectivity index (χ1v) is 10.5. The highest BCUT2D eigenvalue weighted by Gasteiger charge is 2.29. The van der Waals surface area contributed by atoms with E-state index in [4.69, 9.17) is 14.4 Å². The third-order valence-corrected chi connectivity index (χ3v) is 5.27. The number of nitrogens with one attached hydrogen (secondary N) is 1. The van der Waals surface area contributed by atoms with E-state index in [2.05, 4.69) is 40.3 Å². The molecule has 2 heterocycles. The summed E-state index contributed by atoms with van der Waals surface area (Å²) in [5.74, 6) is 0.290. The molecule has 9 heteroatoms. The summed E-state index contributed by atoms with van der Waals surface area (Å²) in [6.45, 7) is 12.9. The zero-order valence-corrected chi connectivity index (χ0v) is 18.8. The van der Waals surface area contributed by atoms with Gasteiger partial charge in [0.1, 0.15) is 6.42 Å². The summed E-state index contributed by atoms with van der Waals surface area (Å²) in [6.07, 6.45) is -0.272. The molecule has 0 bridgehead atoms. The van der Waals surface area contributed by atoms with Crippen LogP contribution >= 0.6 is 0 Å². The number of amides is 1. The molecule has 1 aliphatic rings. The molecule has 1 aromatic heterocycles. The van der Waals surface area contributed by atoms with Crippen molar-refractivity contribution in [3.05, 3.63) is 34.7 Å². The number of hydrogen-bond acceptors (Lipinski definition) is 8. The van der Waals surface area contributed by atoms with Crippen molar-refractivity contribution in [1.29, 1.82) is 5.26 Å². The first-order chi connectivity index (χ1) is 14.8. The van der Waals surface area contributed by atoms with Gasteiger partial charge in [-0.25, -0.2) is 4.79 Å². The molecule has 1 N–H and O–H groups in total. The maximum atomic E-state index is 12.3. The molecule has 0 unspecified atom stereocenters. The smallest absolute Gasteiger partial charge is 0.410 e. The van der Waals surface area contributed by atoms with Crippen LogP contribution < -0.4 is 5.32 Å². The third kappa shape index (κ3) is 5.73. The van der Waals surface area contributed by atoms with E-state index in [0.29, 0.717) is 12.4 Å².